The van der Waals surface area contributed by atoms with Crippen LogP contribution in [0.5, 0.6) is 0 Å². The van der Waals surface area contributed by atoms with E-state index >= 15 is 0 Å². The van der Waals surface area contributed by atoms with Gasteiger partial charge in [0.25, 0.3) is 0 Å². The minimum absolute atomic E-state index is 0. The van der Waals surface area contributed by atoms with Gasteiger partial charge in [0.2, 0.25) is 0 Å². The van der Waals surface area contributed by atoms with Crippen LogP contribution in [0.15, 0.2) is 229 Å². The molecule has 0 spiro atoms. The summed E-state index contributed by atoms with van der Waals surface area (Å²) in [6.45, 7) is 2.86. The maximum Gasteiger partial charge on any atom is 2.00 e. The first kappa shape index (κ1) is 75.8. The van der Waals surface area contributed by atoms with E-state index in [1.807, 2.05) is 97.1 Å². The van der Waals surface area contributed by atoms with E-state index in [9.17, 15) is 52.1 Å². The molecule has 0 aliphatic carbocycles. The van der Waals surface area contributed by atoms with Gasteiger partial charge >= 0.3 is 53.5 Å². The fraction of sp³-hybridized carbons (Fsp3) is 0.0303. The Hall–Kier alpha value is -10.9. The first-order valence-corrected chi connectivity index (χ1v) is 27.4. The smallest absolute Gasteiger partial charge is 0.443 e. The van der Waals surface area contributed by atoms with Gasteiger partial charge in [-0.15, -0.1) is 0 Å². The molecule has 0 saturated heterocycles. The summed E-state index contributed by atoms with van der Waals surface area (Å²) in [6.07, 6.45) is 9.85. The van der Waals surface area contributed by atoms with Crippen molar-refractivity contribution in [2.45, 2.75) is 13.8 Å². The van der Waals surface area contributed by atoms with Crippen molar-refractivity contribution in [3.8, 4) is 12.1 Å². The van der Waals surface area contributed by atoms with Crippen molar-refractivity contribution in [3.63, 3.8) is 0 Å². The zero-order chi connectivity index (χ0) is 67.6. The number of benzene rings is 8. The molecule has 30 heteroatoms. The molecule has 14 nitrogen and oxygen atoms in total. The summed E-state index contributed by atoms with van der Waals surface area (Å²) in [7, 11) is -12.0. The summed E-state index contributed by atoms with van der Waals surface area (Å²) in [5, 5.41) is 26.6. The first-order valence-electron chi connectivity index (χ1n) is 27.4. The predicted octanol–water partition coefficient (Wildman–Crippen LogP) is 20.1. The fourth-order valence-electron chi connectivity index (χ4n) is 8.32. The maximum atomic E-state index is 12.6. The van der Waals surface area contributed by atoms with E-state index in [0.29, 0.717) is 22.7 Å². The SMILES string of the molecule is CC#N.CC#N.F[B-](F)(F)F.F[B-](F)(F)F.Fc1ccc(N=C[N-]c2ccc(F)cc2)cc1.Fc1ccc(N=C[N-]c2ccc(F)cc2)cc1.[Rh+2].[Rh+2].c1ccc2nc3c4cccnc4c4ncccc4c3nc2c1.c1ccc2nc3c4cccnc4c4ncccc4c3nc2c1. The van der Waals surface area contributed by atoms with Crippen LogP contribution >= 0.6 is 0 Å². The number of rotatable bonds is 6. The quantitative estimate of drug-likeness (QED) is 0.0385. The summed E-state index contributed by atoms with van der Waals surface area (Å²) in [6, 6.07) is 58.1. The van der Waals surface area contributed by atoms with Gasteiger partial charge in [0.15, 0.2) is 0 Å². The van der Waals surface area contributed by atoms with E-state index in [4.69, 9.17) is 30.5 Å². The number of aliphatic imine (C=N–C) groups is 2. The molecule has 0 atom stereocenters. The van der Waals surface area contributed by atoms with Crippen molar-refractivity contribution >= 4 is 138 Å². The second-order valence-corrected chi connectivity index (χ2v) is 18.5. The van der Waals surface area contributed by atoms with Gasteiger partial charge in [0.05, 0.1) is 78.3 Å². The third-order valence-electron chi connectivity index (χ3n) is 12.0. The Balaban J connectivity index is 0.000000215. The summed E-state index contributed by atoms with van der Waals surface area (Å²) < 4.78 is 128. The van der Waals surface area contributed by atoms with E-state index in [1.165, 1.54) is 75.1 Å². The third-order valence-corrected chi connectivity index (χ3v) is 12.0. The second kappa shape index (κ2) is 37.1. The Bertz CT molecular complexity index is 4470. The van der Waals surface area contributed by atoms with Crippen LogP contribution < -0.4 is 0 Å². The summed E-state index contributed by atoms with van der Waals surface area (Å²) in [5.74, 6) is -1.22. The molecular formula is C66H44B2F12N14Rh2. The number of aromatic nitrogens is 8. The third kappa shape index (κ3) is 23.3. The molecule has 0 N–H and O–H groups in total. The zero-order valence-electron chi connectivity index (χ0n) is 49.6. The average molecular weight is 1490 g/mol. The predicted molar refractivity (Wildman–Crippen MR) is 346 cm³/mol. The van der Waals surface area contributed by atoms with Crippen molar-refractivity contribution in [1.29, 1.82) is 10.5 Å². The van der Waals surface area contributed by atoms with Gasteiger partial charge in [-0.05, 0) is 144 Å². The Morgan fingerprint density at radius 1 is 0.333 bits per heavy atom. The van der Waals surface area contributed by atoms with E-state index < -0.39 is 14.5 Å². The number of halogens is 12. The number of pyridine rings is 4. The number of fused-ring (bicyclic) bond motifs is 14. The molecule has 6 aromatic heterocycles. The van der Waals surface area contributed by atoms with E-state index in [0.717, 1.165) is 87.7 Å². The molecule has 0 fully saturated rings. The fourth-order valence-corrected chi connectivity index (χ4v) is 8.32. The molecule has 0 amide bonds. The molecule has 0 aliphatic heterocycles. The van der Waals surface area contributed by atoms with Crippen LogP contribution in [0.4, 0.5) is 74.8 Å². The van der Waals surface area contributed by atoms with Gasteiger partial charge in [0.1, 0.15) is 23.3 Å². The number of nitrogens with zero attached hydrogens (tertiary/aromatic N) is 14. The normalized spacial score (nSPS) is 10.5. The molecule has 8 aromatic carbocycles. The van der Waals surface area contributed by atoms with Crippen molar-refractivity contribution < 1.29 is 91.0 Å². The van der Waals surface area contributed by atoms with Crippen LogP contribution in [-0.4, -0.2) is 67.1 Å². The monoisotopic (exact) mass is 1490 g/mol. The Morgan fingerprint density at radius 3 is 0.760 bits per heavy atom. The minimum atomic E-state index is -6.00. The number of nitriles is 2. The first-order chi connectivity index (χ1) is 45.1. The van der Waals surface area contributed by atoms with Gasteiger partial charge in [0, 0.05) is 60.2 Å². The van der Waals surface area contributed by atoms with Gasteiger partial charge in [-0.3, -0.25) is 19.9 Å². The number of para-hydroxylation sites is 4. The molecule has 486 valence electrons. The van der Waals surface area contributed by atoms with Crippen LogP contribution in [0.1, 0.15) is 13.8 Å². The van der Waals surface area contributed by atoms with Crippen molar-refractivity contribution in [3.05, 3.63) is 253 Å². The molecule has 2 radical (unpaired) electrons. The minimum Gasteiger partial charge on any atom is -0.443 e. The molecule has 14 rings (SSSR count). The standard InChI is InChI=1S/2C18H10N4.2C13H9F2N2.2C2H3N.2BF4.2Rh/c2*1-2-8-14-13(7-1)21-17-11-5-3-9-19-15(11)16-12(18(17)22-14)6-4-10-20-16;2*14-10-1-5-12(6-2-10)16-9-17-13-7-3-11(15)4-8-13;2*1-2-3;2*2-1(3,4)5;;/h2*1-10H;2*1-9H;2*1H3;;;;/q;;2*-1;;;2*-1;2*+2. The average Bonchev–Trinajstić information content (AvgIpc) is 0.749. The van der Waals surface area contributed by atoms with Gasteiger partial charge in [-0.2, -0.15) is 10.5 Å². The number of hydrogen-bond acceptors (Lipinski definition) is 12. The van der Waals surface area contributed by atoms with E-state index in [1.54, 1.807) is 85.5 Å². The Morgan fingerprint density at radius 2 is 0.542 bits per heavy atom. The molecule has 96 heavy (non-hydrogen) atoms. The summed E-state index contributed by atoms with van der Waals surface area (Å²) in [4.78, 5) is 45.4. The van der Waals surface area contributed by atoms with Crippen molar-refractivity contribution in [2.24, 2.45) is 9.98 Å². The Kier molecular flexibility index (Phi) is 29.3. The second-order valence-electron chi connectivity index (χ2n) is 18.5. The molecule has 14 aromatic rings. The summed E-state index contributed by atoms with van der Waals surface area (Å²) >= 11 is 0. The van der Waals surface area contributed by atoms with Crippen LogP contribution in [0.2, 0.25) is 0 Å². The molecule has 0 bridgehead atoms. The van der Waals surface area contributed by atoms with Gasteiger partial charge in [-0.1, -0.05) is 85.5 Å². The molecule has 0 saturated carbocycles. The van der Waals surface area contributed by atoms with Gasteiger partial charge in [-0.25, -0.2) is 37.5 Å². The van der Waals surface area contributed by atoms with E-state index in [-0.39, 0.29) is 62.2 Å². The largest absolute Gasteiger partial charge is 2.00 e. The molecular weight excluding hydrogens is 1440 g/mol. The topological polar surface area (TPSA) is 204 Å². The van der Waals surface area contributed by atoms with Crippen LogP contribution in [0.25, 0.3) is 98.4 Å². The zero-order valence-corrected chi connectivity index (χ0v) is 52.8. The van der Waals surface area contributed by atoms with E-state index in [2.05, 4.69) is 40.6 Å². The maximum absolute atomic E-state index is 12.6. The van der Waals surface area contributed by atoms with Crippen LogP contribution in [-0.2, 0) is 39.0 Å². The summed E-state index contributed by atoms with van der Waals surface area (Å²) in [5.41, 5.74) is 13.0. The van der Waals surface area contributed by atoms with Crippen molar-refractivity contribution in [1.82, 2.24) is 39.9 Å². The van der Waals surface area contributed by atoms with Crippen LogP contribution in [0, 0.1) is 45.9 Å². The molecule has 6 heterocycles. The van der Waals surface area contributed by atoms with Gasteiger partial charge < -0.3 is 55.1 Å². The molecule has 0 aliphatic rings. The van der Waals surface area contributed by atoms with Crippen LogP contribution in [0.3, 0.4) is 0 Å². The molecule has 0 unspecified atom stereocenters. The van der Waals surface area contributed by atoms with Crippen molar-refractivity contribution in [2.75, 3.05) is 0 Å². The number of hydrogen-bond donors (Lipinski definition) is 0. The Labute approximate surface area is 564 Å².